The standard InChI is InChI=1S/C17H20ClN3O3S.C17H18ClN3O2S.C9H10ClNO2.C8H12N2O2S.Na.H/c1-8(2)19-17-21-14(10(4)25-17)16(23)20-15-11(9(3)22)6-7-12(24-5)13(15)18;1-8(2)19-17-21-15(9(3)24-17)11-7-12(22)10-5-6-13(23-4)14(18)16(10)20-11;1-5(12)6-3-4-7(13-2)8(10)9(6)11;1-4(2)9-8-10-6(7(11)12)5(3)13-8;;/h6-8H,1-5H3,(H,19,21)(H,20,23);5-8H,1-4H3,(H,19,21)(H,20,22);3-4H,11H2,1-2H3;4H,1-3H3,(H,9,10)(H,11,12);;/q;;;;+1;-1. The minimum atomic E-state index is -0.967. The molecule has 1 amide bonds. The number of hydrogen-bond acceptors (Lipinski definition) is 18. The van der Waals surface area contributed by atoms with Gasteiger partial charge in [-0.1, -0.05) is 34.8 Å². The Kier molecular flexibility index (Phi) is 25.0. The minimum absolute atomic E-state index is 0. The summed E-state index contributed by atoms with van der Waals surface area (Å²) in [5, 5.41) is 24.5. The van der Waals surface area contributed by atoms with E-state index >= 15 is 0 Å². The Hall–Kier alpha value is -5.49. The number of H-pyrrole nitrogens is 1. The molecule has 0 atom stereocenters. The fraction of sp³-hybridized carbons (Fsp3) is 0.333. The number of carbonyl (C=O) groups excluding carboxylic acids is 3. The van der Waals surface area contributed by atoms with Crippen LogP contribution in [0.4, 0.5) is 26.8 Å². The Morgan fingerprint density at radius 1 is 0.658 bits per heavy atom. The third-order valence-electron chi connectivity index (χ3n) is 10.1. The van der Waals surface area contributed by atoms with Crippen molar-refractivity contribution in [3.8, 4) is 28.6 Å². The summed E-state index contributed by atoms with van der Waals surface area (Å²) in [4.78, 5) is 77.3. The number of fused-ring (bicyclic) bond motifs is 1. The largest absolute Gasteiger partial charge is 1.00 e. The smallest absolute Gasteiger partial charge is 1.00 e. The van der Waals surface area contributed by atoms with Crippen molar-refractivity contribution < 1.29 is 69.5 Å². The Balaban J connectivity index is 0.000000363. The van der Waals surface area contributed by atoms with Gasteiger partial charge in [0, 0.05) is 55.3 Å². The third-order valence-corrected chi connectivity index (χ3v) is 14.0. The first-order valence-electron chi connectivity index (χ1n) is 22.9. The normalized spacial score (nSPS) is 10.5. The summed E-state index contributed by atoms with van der Waals surface area (Å²) in [5.41, 5.74) is 9.15. The summed E-state index contributed by atoms with van der Waals surface area (Å²) in [6.07, 6.45) is 0. The van der Waals surface area contributed by atoms with Gasteiger partial charge in [0.1, 0.15) is 43.7 Å². The van der Waals surface area contributed by atoms with Crippen LogP contribution in [-0.4, -0.2) is 87.9 Å². The van der Waals surface area contributed by atoms with Crippen LogP contribution in [0.3, 0.4) is 0 Å². The Morgan fingerprint density at radius 3 is 1.57 bits per heavy atom. The summed E-state index contributed by atoms with van der Waals surface area (Å²) in [5.74, 6) is -0.342. The number of nitrogens with one attached hydrogen (secondary N) is 5. The number of ketones is 2. The number of methoxy groups -OCH3 is 3. The second-order valence-corrected chi connectivity index (χ2v) is 21.9. The van der Waals surface area contributed by atoms with Gasteiger partial charge in [-0.05, 0) is 113 Å². The Bertz CT molecular complexity index is 3280. The molecule has 4 heterocycles. The van der Waals surface area contributed by atoms with Crippen molar-refractivity contribution in [2.45, 2.75) is 94.3 Å². The predicted octanol–water partition coefficient (Wildman–Crippen LogP) is 10.1. The Morgan fingerprint density at radius 2 is 1.09 bits per heavy atom. The van der Waals surface area contributed by atoms with Crippen molar-refractivity contribution in [1.29, 1.82) is 0 Å². The van der Waals surface area contributed by atoms with E-state index in [1.54, 1.807) is 67.8 Å². The zero-order valence-corrected chi connectivity index (χ0v) is 51.5. The Labute approximate surface area is 491 Å². The molecule has 0 aliphatic rings. The van der Waals surface area contributed by atoms with Crippen molar-refractivity contribution in [2.75, 3.05) is 48.3 Å². The molecule has 8 N–H and O–H groups in total. The number of nitrogen functional groups attached to an aromatic ring is 1. The van der Waals surface area contributed by atoms with Crippen LogP contribution >= 0.6 is 68.8 Å². The molecular formula is C51H61Cl3N9NaO9S3. The fourth-order valence-electron chi connectivity index (χ4n) is 6.66. The van der Waals surface area contributed by atoms with E-state index in [-0.39, 0.29) is 93.2 Å². The van der Waals surface area contributed by atoms with Crippen molar-refractivity contribution in [2.24, 2.45) is 0 Å². The molecule has 7 rings (SSSR count). The van der Waals surface area contributed by atoms with Crippen LogP contribution in [0.15, 0.2) is 47.3 Å². The number of nitrogens with zero attached hydrogens (tertiary/aromatic N) is 3. The van der Waals surface area contributed by atoms with Gasteiger partial charge in [0.05, 0.1) is 43.9 Å². The quantitative estimate of drug-likeness (QED) is 0.0286. The van der Waals surface area contributed by atoms with E-state index in [4.69, 9.17) is 59.9 Å². The molecule has 7 aromatic rings. The summed E-state index contributed by atoms with van der Waals surface area (Å²) in [7, 11) is 4.51. The number of rotatable bonds is 15. The molecular weight excluding hydrogens is 1110 g/mol. The summed E-state index contributed by atoms with van der Waals surface area (Å²) >= 11 is 22.8. The fourth-order valence-corrected chi connectivity index (χ4v) is 10.4. The number of thiazole rings is 3. The number of nitrogens with two attached hydrogens (primary N) is 1. The maximum atomic E-state index is 12.7. The first-order valence-corrected chi connectivity index (χ1v) is 26.5. The molecule has 0 saturated carbocycles. The van der Waals surface area contributed by atoms with Crippen LogP contribution in [0, 0.1) is 20.8 Å². The van der Waals surface area contributed by atoms with E-state index in [0.717, 1.165) is 25.5 Å². The van der Waals surface area contributed by atoms with E-state index in [1.165, 1.54) is 50.7 Å². The van der Waals surface area contributed by atoms with Crippen LogP contribution in [0.5, 0.6) is 17.2 Å². The number of carbonyl (C=O) groups is 4. The molecule has 0 bridgehead atoms. The molecule has 3 aromatic carbocycles. The van der Waals surface area contributed by atoms with E-state index < -0.39 is 11.9 Å². The molecule has 0 unspecified atom stereocenters. The number of ether oxygens (including phenoxy) is 3. The van der Waals surface area contributed by atoms with Gasteiger partial charge in [0.2, 0.25) is 0 Å². The second-order valence-electron chi connectivity index (χ2n) is 17.1. The number of halogens is 3. The van der Waals surface area contributed by atoms with Crippen LogP contribution in [0.1, 0.15) is 113 Å². The number of aryl methyl sites for hydroxylation is 3. The van der Waals surface area contributed by atoms with Gasteiger partial charge in [0.15, 0.2) is 38.1 Å². The van der Waals surface area contributed by atoms with Gasteiger partial charge in [-0.2, -0.15) is 0 Å². The molecule has 404 valence electrons. The number of carboxylic acid groups (broad SMARTS) is 1. The van der Waals surface area contributed by atoms with Gasteiger partial charge in [-0.25, -0.2) is 19.7 Å². The second kappa shape index (κ2) is 29.3. The first kappa shape index (κ1) is 64.8. The van der Waals surface area contributed by atoms with Gasteiger partial charge in [-0.3, -0.25) is 19.2 Å². The maximum Gasteiger partial charge on any atom is 1.00 e. The molecule has 18 nitrogen and oxygen atoms in total. The number of benzene rings is 3. The topological polar surface area (TPSA) is 262 Å². The van der Waals surface area contributed by atoms with Gasteiger partial charge < -0.3 is 52.7 Å². The number of pyridine rings is 1. The van der Waals surface area contributed by atoms with Crippen molar-refractivity contribution in [3.63, 3.8) is 0 Å². The number of carboxylic acids is 1. The average Bonchev–Trinajstić information content (AvgIpc) is 4.01. The van der Waals surface area contributed by atoms with E-state index in [1.807, 2.05) is 41.5 Å². The first-order chi connectivity index (χ1) is 35.2. The molecule has 0 saturated heterocycles. The summed E-state index contributed by atoms with van der Waals surface area (Å²) in [6, 6.07) is 12.1. The van der Waals surface area contributed by atoms with E-state index in [9.17, 15) is 24.0 Å². The van der Waals surface area contributed by atoms with Crippen molar-refractivity contribution in [1.82, 2.24) is 19.9 Å². The van der Waals surface area contributed by atoms with E-state index in [0.29, 0.717) is 66.0 Å². The van der Waals surface area contributed by atoms with Crippen LogP contribution in [-0.2, 0) is 0 Å². The number of anilines is 5. The molecule has 25 heteroatoms. The monoisotopic (exact) mass is 1170 g/mol. The number of aromatic carboxylic acids is 1. The zero-order valence-electron chi connectivity index (χ0n) is 45.8. The molecule has 0 fully saturated rings. The number of aromatic amines is 1. The summed E-state index contributed by atoms with van der Waals surface area (Å²) in [6.45, 7) is 20.5. The third kappa shape index (κ3) is 17.0. The van der Waals surface area contributed by atoms with Gasteiger partial charge in [0.25, 0.3) is 5.91 Å². The number of aromatic nitrogens is 4. The van der Waals surface area contributed by atoms with Crippen molar-refractivity contribution >= 4 is 130 Å². The minimum Gasteiger partial charge on any atom is -1.00 e. The molecule has 0 aliphatic carbocycles. The SMILES string of the molecule is COc1ccc(C(C)=O)c(N)c1Cl.COc1ccc(C(C)=O)c(NC(=O)c2nc(NC(C)C)sc2C)c1Cl.COc1ccc2c(=O)cc(-c3nc(NC(C)C)sc3C)[nH]c2c1Cl.Cc1sc(NC(C)C)nc1C(=O)O.[H-].[Na+]. The van der Waals surface area contributed by atoms with Gasteiger partial charge >= 0.3 is 35.5 Å². The number of hydrogen-bond donors (Lipinski definition) is 7. The molecule has 76 heavy (non-hydrogen) atoms. The molecule has 0 radical (unpaired) electrons. The van der Waals surface area contributed by atoms with Crippen molar-refractivity contribution in [3.05, 3.63) is 105 Å². The van der Waals surface area contributed by atoms with E-state index in [2.05, 4.69) is 55.1 Å². The average molecular weight is 1170 g/mol. The predicted molar refractivity (Wildman–Crippen MR) is 308 cm³/mol. The number of Topliss-reactive ketones (excluding diaryl/α,β-unsaturated/α-hetero) is 2. The summed E-state index contributed by atoms with van der Waals surface area (Å²) < 4.78 is 15.3. The maximum absolute atomic E-state index is 12.7. The number of amides is 1. The van der Waals surface area contributed by atoms with Crippen LogP contribution < -0.4 is 76.2 Å². The van der Waals surface area contributed by atoms with Crippen LogP contribution in [0.2, 0.25) is 15.1 Å². The van der Waals surface area contributed by atoms with Gasteiger partial charge in [-0.15, -0.1) is 34.0 Å². The van der Waals surface area contributed by atoms with Crippen LogP contribution in [0.25, 0.3) is 22.3 Å². The molecule has 0 aliphatic heterocycles. The zero-order chi connectivity index (χ0) is 56.2. The molecule has 4 aromatic heterocycles. The molecule has 0 spiro atoms.